The molecule has 0 spiro atoms. The fourth-order valence-corrected chi connectivity index (χ4v) is 5.33. The minimum Gasteiger partial charge on any atom is -0.350 e. The van der Waals surface area contributed by atoms with Crippen LogP contribution in [0.2, 0.25) is 0 Å². The molecule has 6 nitrogen and oxygen atoms in total. The minimum atomic E-state index is -4.57. The molecule has 38 heavy (non-hydrogen) atoms. The normalized spacial score (nSPS) is 13.1. The Hall–Kier alpha value is -4.36. The van der Waals surface area contributed by atoms with Crippen LogP contribution in [0.1, 0.15) is 27.2 Å². The molecule has 0 bridgehead atoms. The predicted octanol–water partition coefficient (Wildman–Crippen LogP) is 5.80. The molecule has 10 heteroatoms. The Morgan fingerprint density at radius 1 is 1.05 bits per heavy atom. The first-order valence-corrected chi connectivity index (χ1v) is 12.5. The zero-order chi connectivity index (χ0) is 26.9. The van der Waals surface area contributed by atoms with Crippen molar-refractivity contribution in [3.8, 4) is 23.0 Å². The number of nitrogens with zero attached hydrogens (tertiary/aromatic N) is 3. The van der Waals surface area contributed by atoms with Gasteiger partial charge in [-0.2, -0.15) is 23.5 Å². The molecule has 190 valence electrons. The molecule has 1 amide bonds. The number of benzene rings is 3. The van der Waals surface area contributed by atoms with E-state index >= 15 is 0 Å². The van der Waals surface area contributed by atoms with Crippen molar-refractivity contribution < 1.29 is 22.8 Å². The van der Waals surface area contributed by atoms with Gasteiger partial charge in [0.25, 0.3) is 0 Å². The number of halogens is 3. The Balaban J connectivity index is 1.56. The van der Waals surface area contributed by atoms with E-state index in [0.29, 0.717) is 22.6 Å². The summed E-state index contributed by atoms with van der Waals surface area (Å²) in [5.74, 6) is -2.95. The SMILES string of the molecule is N#CC(C(=O)NCc1ccccc1)C(=O)c1nn(-c2cccc(C(F)(F)F)c2)c2c1CSc1ccccc1-2. The van der Waals surface area contributed by atoms with E-state index in [-0.39, 0.29) is 17.9 Å². The number of thioether (sulfide) groups is 1. The van der Waals surface area contributed by atoms with Crippen molar-refractivity contribution in [3.63, 3.8) is 0 Å². The molecule has 0 radical (unpaired) electrons. The van der Waals surface area contributed by atoms with Gasteiger partial charge >= 0.3 is 6.18 Å². The highest BCUT2D eigenvalue weighted by Gasteiger charge is 2.36. The van der Waals surface area contributed by atoms with Gasteiger partial charge in [0.2, 0.25) is 11.7 Å². The van der Waals surface area contributed by atoms with E-state index in [2.05, 4.69) is 10.4 Å². The number of nitriles is 1. The largest absolute Gasteiger partial charge is 0.416 e. The van der Waals surface area contributed by atoms with Crippen LogP contribution < -0.4 is 5.32 Å². The van der Waals surface area contributed by atoms with Crippen LogP contribution in [-0.4, -0.2) is 21.5 Å². The van der Waals surface area contributed by atoms with E-state index < -0.39 is 29.3 Å². The molecule has 1 unspecified atom stereocenters. The third kappa shape index (κ3) is 4.80. The quantitative estimate of drug-likeness (QED) is 0.250. The van der Waals surface area contributed by atoms with Crippen LogP contribution in [0.4, 0.5) is 13.2 Å². The van der Waals surface area contributed by atoms with E-state index in [4.69, 9.17) is 0 Å². The molecule has 1 aliphatic rings. The van der Waals surface area contributed by atoms with Crippen molar-refractivity contribution in [2.45, 2.75) is 23.4 Å². The molecule has 1 aromatic heterocycles. The van der Waals surface area contributed by atoms with Gasteiger partial charge in [0.05, 0.1) is 23.0 Å². The van der Waals surface area contributed by atoms with Gasteiger partial charge in [0.15, 0.2) is 5.92 Å². The van der Waals surface area contributed by atoms with Crippen LogP contribution in [0.5, 0.6) is 0 Å². The van der Waals surface area contributed by atoms with Crippen LogP contribution in [0.3, 0.4) is 0 Å². The zero-order valence-corrected chi connectivity index (χ0v) is 20.5. The van der Waals surface area contributed by atoms with E-state index in [1.54, 1.807) is 42.5 Å². The molecule has 0 saturated carbocycles. The van der Waals surface area contributed by atoms with Crippen molar-refractivity contribution >= 4 is 23.5 Å². The van der Waals surface area contributed by atoms with Gasteiger partial charge in [-0.15, -0.1) is 11.8 Å². The Kier molecular flexibility index (Phi) is 6.78. The summed E-state index contributed by atoms with van der Waals surface area (Å²) in [4.78, 5) is 27.3. The summed E-state index contributed by atoms with van der Waals surface area (Å²) in [5, 5.41) is 16.8. The van der Waals surface area contributed by atoms with Crippen molar-refractivity contribution in [1.29, 1.82) is 5.26 Å². The van der Waals surface area contributed by atoms with E-state index in [9.17, 15) is 28.0 Å². The Bertz CT molecular complexity index is 1580. The lowest BCUT2D eigenvalue weighted by Gasteiger charge is -2.18. The molecule has 0 saturated heterocycles. The van der Waals surface area contributed by atoms with Crippen molar-refractivity contribution in [2.24, 2.45) is 5.92 Å². The van der Waals surface area contributed by atoms with E-state index in [1.165, 1.54) is 28.6 Å². The summed E-state index contributed by atoms with van der Waals surface area (Å²) in [6, 6.07) is 22.8. The lowest BCUT2D eigenvalue weighted by atomic mass is 9.97. The second kappa shape index (κ2) is 10.2. The number of nitrogens with one attached hydrogen (secondary N) is 1. The number of carbonyl (C=O) groups is 2. The van der Waals surface area contributed by atoms with Crippen LogP contribution >= 0.6 is 11.8 Å². The number of carbonyl (C=O) groups excluding carboxylic acids is 2. The maximum absolute atomic E-state index is 13.5. The number of ketones is 1. The molecule has 1 atom stereocenters. The monoisotopic (exact) mass is 532 g/mol. The molecule has 0 aliphatic carbocycles. The van der Waals surface area contributed by atoms with Crippen LogP contribution in [-0.2, 0) is 23.3 Å². The van der Waals surface area contributed by atoms with Gasteiger partial charge < -0.3 is 5.32 Å². The molecule has 2 heterocycles. The molecule has 5 rings (SSSR count). The summed E-state index contributed by atoms with van der Waals surface area (Å²) in [5.41, 5.74) is 1.56. The van der Waals surface area contributed by atoms with Crippen LogP contribution in [0.25, 0.3) is 16.9 Å². The van der Waals surface area contributed by atoms with Crippen molar-refractivity contribution in [2.75, 3.05) is 0 Å². The first kappa shape index (κ1) is 25.3. The Morgan fingerprint density at radius 2 is 1.79 bits per heavy atom. The fraction of sp³-hybridized carbons (Fsp3) is 0.143. The Labute approximate surface area is 220 Å². The highest BCUT2D eigenvalue weighted by atomic mass is 32.2. The average Bonchev–Trinajstić information content (AvgIpc) is 3.33. The van der Waals surface area contributed by atoms with Crippen molar-refractivity contribution in [3.05, 3.63) is 101 Å². The predicted molar refractivity (Wildman–Crippen MR) is 135 cm³/mol. The molecule has 4 aromatic rings. The fourth-order valence-electron chi connectivity index (χ4n) is 4.26. The number of fused-ring (bicyclic) bond motifs is 3. The summed E-state index contributed by atoms with van der Waals surface area (Å²) >= 11 is 1.45. The first-order valence-electron chi connectivity index (χ1n) is 11.5. The molecule has 1 aliphatic heterocycles. The number of rotatable bonds is 6. The van der Waals surface area contributed by atoms with Crippen LogP contribution in [0, 0.1) is 17.2 Å². The number of hydrogen-bond donors (Lipinski definition) is 1. The summed E-state index contributed by atoms with van der Waals surface area (Å²) in [6.45, 7) is 0.130. The standard InChI is InChI=1S/C28H19F3N4O2S/c29-28(30,31)18-9-6-10-19(13-18)35-25-20-11-4-5-12-23(20)38-16-22(25)24(34-35)26(36)21(14-32)27(37)33-15-17-7-2-1-3-8-17/h1-13,21H,15-16H2,(H,33,37). The Morgan fingerprint density at radius 3 is 2.53 bits per heavy atom. The van der Waals surface area contributed by atoms with Gasteiger partial charge in [0, 0.05) is 28.3 Å². The molecular formula is C28H19F3N4O2S. The lowest BCUT2D eigenvalue weighted by Crippen LogP contribution is -2.34. The number of aromatic nitrogens is 2. The molecular weight excluding hydrogens is 513 g/mol. The highest BCUT2D eigenvalue weighted by molar-refractivity contribution is 7.98. The van der Waals surface area contributed by atoms with Crippen LogP contribution in [0.15, 0.2) is 83.8 Å². The minimum absolute atomic E-state index is 0.110. The van der Waals surface area contributed by atoms with Gasteiger partial charge in [0.1, 0.15) is 5.69 Å². The van der Waals surface area contributed by atoms with Gasteiger partial charge in [-0.05, 0) is 29.8 Å². The van der Waals surface area contributed by atoms with Gasteiger partial charge in [-0.3, -0.25) is 9.59 Å². The number of Topliss-reactive ketones (excluding diaryl/α,β-unsaturated/α-hetero) is 1. The summed E-state index contributed by atoms with van der Waals surface area (Å²) in [6.07, 6.45) is -4.57. The maximum Gasteiger partial charge on any atom is 0.416 e. The first-order chi connectivity index (χ1) is 18.3. The van der Waals surface area contributed by atoms with Gasteiger partial charge in [-0.25, -0.2) is 4.68 Å². The molecule has 3 aromatic carbocycles. The third-order valence-electron chi connectivity index (χ3n) is 6.11. The highest BCUT2D eigenvalue weighted by Crippen LogP contribution is 2.44. The molecule has 1 N–H and O–H groups in total. The number of amides is 1. The average molecular weight is 533 g/mol. The molecule has 0 fully saturated rings. The summed E-state index contributed by atoms with van der Waals surface area (Å²) < 4.78 is 41.7. The number of alkyl halides is 3. The number of hydrogen-bond acceptors (Lipinski definition) is 5. The zero-order valence-electron chi connectivity index (χ0n) is 19.7. The smallest absolute Gasteiger partial charge is 0.350 e. The van der Waals surface area contributed by atoms with E-state index in [0.717, 1.165) is 22.6 Å². The maximum atomic E-state index is 13.5. The second-order valence-corrected chi connectivity index (χ2v) is 9.57. The lowest BCUT2D eigenvalue weighted by molar-refractivity contribution is -0.137. The second-order valence-electron chi connectivity index (χ2n) is 8.55. The third-order valence-corrected chi connectivity index (χ3v) is 7.21. The van der Waals surface area contributed by atoms with E-state index in [1.807, 2.05) is 18.2 Å². The van der Waals surface area contributed by atoms with Gasteiger partial charge in [-0.1, -0.05) is 54.6 Å². The summed E-state index contributed by atoms with van der Waals surface area (Å²) in [7, 11) is 0. The topological polar surface area (TPSA) is 87.8 Å². The van der Waals surface area contributed by atoms with Crippen molar-refractivity contribution in [1.82, 2.24) is 15.1 Å².